The zero-order valence-corrected chi connectivity index (χ0v) is 18.9. The lowest BCUT2D eigenvalue weighted by atomic mass is 9.94. The van der Waals surface area contributed by atoms with Crippen LogP contribution in [0.15, 0.2) is 54.7 Å². The van der Waals surface area contributed by atoms with E-state index < -0.39 is 41.0 Å². The first kappa shape index (κ1) is 26.2. The van der Waals surface area contributed by atoms with Crippen molar-refractivity contribution in [1.82, 2.24) is 4.98 Å². The summed E-state index contributed by atoms with van der Waals surface area (Å²) in [5, 5.41) is 9.32. The summed E-state index contributed by atoms with van der Waals surface area (Å²) in [4.78, 5) is 14.8. The molecule has 1 aromatic heterocycles. The number of benzene rings is 2. The first-order valence-electron chi connectivity index (χ1n) is 11.0. The molecule has 37 heavy (non-hydrogen) atoms. The van der Waals surface area contributed by atoms with E-state index in [1.807, 2.05) is 0 Å². The number of carboxylic acid groups (broad SMARTS) is 1. The van der Waals surface area contributed by atoms with E-state index in [2.05, 4.69) is 4.98 Å². The molecule has 11 heteroatoms. The zero-order valence-electron chi connectivity index (χ0n) is 18.9. The minimum absolute atomic E-state index is 0.0176. The maximum Gasteiger partial charge on any atom is 0.434 e. The van der Waals surface area contributed by atoms with E-state index in [9.17, 15) is 40.6 Å². The lowest BCUT2D eigenvalue weighted by Crippen LogP contribution is -2.15. The number of hydrogen-bond donors (Lipinski definition) is 1. The molecule has 0 radical (unpaired) electrons. The van der Waals surface area contributed by atoms with Crippen LogP contribution in [0.5, 0.6) is 5.75 Å². The normalized spacial score (nSPS) is 14.2. The van der Waals surface area contributed by atoms with Crippen molar-refractivity contribution in [2.24, 2.45) is 0 Å². The second-order valence-corrected chi connectivity index (χ2v) is 8.32. The van der Waals surface area contributed by atoms with Gasteiger partial charge < -0.3 is 9.84 Å². The van der Waals surface area contributed by atoms with Gasteiger partial charge in [-0.3, -0.25) is 4.98 Å². The van der Waals surface area contributed by atoms with Crippen LogP contribution in [0.25, 0.3) is 11.1 Å². The van der Waals surface area contributed by atoms with Crippen molar-refractivity contribution < 1.29 is 45.4 Å². The van der Waals surface area contributed by atoms with E-state index in [0.29, 0.717) is 17.6 Å². The molecule has 0 atom stereocenters. The molecule has 1 aliphatic carbocycles. The number of aromatic nitrogens is 1. The van der Waals surface area contributed by atoms with Gasteiger partial charge in [-0.1, -0.05) is 18.2 Å². The number of pyridine rings is 1. The van der Waals surface area contributed by atoms with E-state index >= 15 is 0 Å². The Morgan fingerprint density at radius 3 is 2.30 bits per heavy atom. The van der Waals surface area contributed by atoms with Crippen molar-refractivity contribution in [1.29, 1.82) is 0 Å². The van der Waals surface area contributed by atoms with Gasteiger partial charge in [0.2, 0.25) is 0 Å². The lowest BCUT2D eigenvalue weighted by Gasteiger charge is -2.18. The summed E-state index contributed by atoms with van der Waals surface area (Å²) in [5.41, 5.74) is -2.64. The molecule has 1 N–H and O–H groups in total. The highest BCUT2D eigenvalue weighted by Gasteiger charge is 2.38. The molecule has 2 aromatic carbocycles. The third-order valence-electron chi connectivity index (χ3n) is 5.93. The molecule has 1 heterocycles. The van der Waals surface area contributed by atoms with Crippen LogP contribution < -0.4 is 4.74 Å². The van der Waals surface area contributed by atoms with Crippen LogP contribution >= 0.6 is 0 Å². The zero-order chi connectivity index (χ0) is 27.0. The number of alkyl halides is 6. The van der Waals surface area contributed by atoms with Crippen molar-refractivity contribution in [3.05, 3.63) is 94.1 Å². The van der Waals surface area contributed by atoms with Crippen LogP contribution in [0.3, 0.4) is 0 Å². The molecule has 0 spiro atoms. The summed E-state index contributed by atoms with van der Waals surface area (Å²) in [6.07, 6.45) is -7.85. The Morgan fingerprint density at radius 1 is 0.946 bits per heavy atom. The average Bonchev–Trinajstić information content (AvgIpc) is 3.31. The van der Waals surface area contributed by atoms with Crippen LogP contribution in [0.1, 0.15) is 57.6 Å². The number of carbonyl (C=O) groups is 1. The number of allylic oxidation sites excluding steroid dienone is 2. The highest BCUT2D eigenvalue weighted by Crippen LogP contribution is 2.45. The molecular weight excluding hydrogens is 507 g/mol. The predicted octanol–water partition coefficient (Wildman–Crippen LogP) is 7.63. The largest absolute Gasteiger partial charge is 0.488 e. The van der Waals surface area contributed by atoms with Crippen LogP contribution in [0, 0.1) is 5.82 Å². The Morgan fingerprint density at radius 2 is 1.65 bits per heavy atom. The van der Waals surface area contributed by atoms with Crippen molar-refractivity contribution in [2.45, 2.75) is 38.2 Å². The van der Waals surface area contributed by atoms with Gasteiger partial charge in [-0.2, -0.15) is 26.3 Å². The quantitative estimate of drug-likeness (QED) is 0.336. The summed E-state index contributed by atoms with van der Waals surface area (Å²) in [6.45, 7) is -0.279. The van der Waals surface area contributed by atoms with Gasteiger partial charge in [0.05, 0.1) is 11.1 Å². The first-order chi connectivity index (χ1) is 17.4. The summed E-state index contributed by atoms with van der Waals surface area (Å²) in [5.74, 6) is -2.38. The second kappa shape index (κ2) is 9.87. The third kappa shape index (κ3) is 5.60. The molecule has 0 fully saturated rings. The van der Waals surface area contributed by atoms with Crippen LogP contribution in [0.2, 0.25) is 0 Å². The molecule has 0 amide bonds. The van der Waals surface area contributed by atoms with Crippen molar-refractivity contribution in [2.75, 3.05) is 0 Å². The van der Waals surface area contributed by atoms with Crippen LogP contribution in [-0.2, 0) is 19.0 Å². The summed E-state index contributed by atoms with van der Waals surface area (Å²) in [6, 6.07) is 9.33. The van der Waals surface area contributed by atoms with Gasteiger partial charge in [-0.25, -0.2) is 9.18 Å². The topological polar surface area (TPSA) is 59.4 Å². The van der Waals surface area contributed by atoms with E-state index in [1.165, 1.54) is 18.2 Å². The molecule has 0 saturated carbocycles. The van der Waals surface area contributed by atoms with Gasteiger partial charge >= 0.3 is 18.3 Å². The first-order valence-corrected chi connectivity index (χ1v) is 11.0. The lowest BCUT2D eigenvalue weighted by molar-refractivity contribution is -0.141. The van der Waals surface area contributed by atoms with Crippen LogP contribution in [0.4, 0.5) is 30.7 Å². The number of rotatable bonds is 6. The Balaban J connectivity index is 1.83. The second-order valence-electron chi connectivity index (χ2n) is 8.32. The maximum absolute atomic E-state index is 14.0. The van der Waals surface area contributed by atoms with Crippen molar-refractivity contribution in [3.63, 3.8) is 0 Å². The minimum atomic E-state index is -5.01. The minimum Gasteiger partial charge on any atom is -0.488 e. The van der Waals surface area contributed by atoms with Crippen LogP contribution in [-0.4, -0.2) is 16.1 Å². The van der Waals surface area contributed by atoms with E-state index in [4.69, 9.17) is 4.74 Å². The Hall–Kier alpha value is -3.89. The van der Waals surface area contributed by atoms with Gasteiger partial charge in [-0.05, 0) is 66.3 Å². The van der Waals surface area contributed by atoms with Gasteiger partial charge in [0.15, 0.2) is 5.69 Å². The Labute approximate surface area is 206 Å². The van der Waals surface area contributed by atoms with E-state index in [-0.39, 0.29) is 41.9 Å². The fraction of sp³-hybridized carbons (Fsp3) is 0.231. The molecule has 0 bridgehead atoms. The smallest absolute Gasteiger partial charge is 0.434 e. The third-order valence-corrected chi connectivity index (χ3v) is 5.93. The fourth-order valence-corrected chi connectivity index (χ4v) is 4.22. The molecule has 0 saturated heterocycles. The molecule has 0 unspecified atom stereocenters. The molecule has 4 rings (SSSR count). The predicted molar refractivity (Wildman–Crippen MR) is 119 cm³/mol. The number of nitrogens with zero attached hydrogens (tertiary/aromatic N) is 1. The molecular formula is C26H18F7NO3. The summed E-state index contributed by atoms with van der Waals surface area (Å²) < 4.78 is 100.0. The Kier molecular flexibility index (Phi) is 6.98. The van der Waals surface area contributed by atoms with Gasteiger partial charge in [0, 0.05) is 17.3 Å². The highest BCUT2D eigenvalue weighted by atomic mass is 19.4. The number of hydrogen-bond acceptors (Lipinski definition) is 3. The molecule has 194 valence electrons. The van der Waals surface area contributed by atoms with Crippen molar-refractivity contribution >= 4 is 17.1 Å². The maximum atomic E-state index is 14.0. The van der Waals surface area contributed by atoms with Gasteiger partial charge in [0.1, 0.15) is 18.2 Å². The van der Waals surface area contributed by atoms with E-state index in [0.717, 1.165) is 30.5 Å². The monoisotopic (exact) mass is 525 g/mol. The highest BCUT2D eigenvalue weighted by molar-refractivity contribution is 5.96. The molecule has 3 aromatic rings. The number of carboxylic acids is 1. The summed E-state index contributed by atoms with van der Waals surface area (Å²) >= 11 is 0. The molecule has 1 aliphatic rings. The number of aromatic carboxylic acids is 1. The van der Waals surface area contributed by atoms with Gasteiger partial charge in [-0.15, -0.1) is 0 Å². The number of ether oxygens (including phenoxy) is 1. The van der Waals surface area contributed by atoms with E-state index in [1.54, 1.807) is 6.07 Å². The fourth-order valence-electron chi connectivity index (χ4n) is 4.22. The average molecular weight is 525 g/mol. The molecule has 0 aliphatic heterocycles. The number of halogens is 7. The van der Waals surface area contributed by atoms with Crippen molar-refractivity contribution in [3.8, 4) is 5.75 Å². The molecule has 4 nitrogen and oxygen atoms in total. The summed E-state index contributed by atoms with van der Waals surface area (Å²) in [7, 11) is 0. The van der Waals surface area contributed by atoms with Gasteiger partial charge in [0.25, 0.3) is 0 Å². The Bertz CT molecular complexity index is 1380. The SMILES string of the molecule is O=C(O)c1cc(C2=C(c3cc(C(F)(F)F)ccc3OCc3ccccc3F)CCC2)cnc1C(F)(F)F. The standard InChI is InChI=1S/C26H18F7NO3/c27-21-7-2-1-4-14(21)13-37-22-9-8-16(25(28,29)30)11-19(22)18-6-3-5-17(18)15-10-20(24(35)36)23(34-12-15)26(31,32)33/h1-2,4,7-12H,3,5-6,13H2,(H,35,36).